The molecular weight excluding hydrogens is 304 g/mol. The van der Waals surface area contributed by atoms with Crippen LogP contribution in [0.4, 0.5) is 5.69 Å². The Hall–Kier alpha value is -1.17. The Morgan fingerprint density at radius 1 is 1.24 bits per heavy atom. The number of benzene rings is 1. The molecule has 1 fully saturated rings. The molecule has 0 spiro atoms. The number of aromatic nitrogens is 2. The minimum atomic E-state index is 0.690. The summed E-state index contributed by atoms with van der Waals surface area (Å²) in [7, 11) is 2.09. The molecule has 0 aliphatic carbocycles. The highest BCUT2D eigenvalue weighted by atomic mass is 35.5. The monoisotopic (exact) mass is 322 g/mol. The first-order chi connectivity index (χ1) is 10.2. The summed E-state index contributed by atoms with van der Waals surface area (Å²) in [6.45, 7) is 3.95. The summed E-state index contributed by atoms with van der Waals surface area (Å²) < 4.78 is 4.58. The second-order valence-electron chi connectivity index (χ2n) is 5.49. The molecule has 6 heteroatoms. The van der Waals surface area contributed by atoms with E-state index < -0.39 is 0 Å². The summed E-state index contributed by atoms with van der Waals surface area (Å²) in [4.78, 5) is 4.72. The van der Waals surface area contributed by atoms with Crippen LogP contribution < -0.4 is 4.90 Å². The Bertz CT molecular complexity index is 595. The van der Waals surface area contributed by atoms with E-state index in [1.54, 1.807) is 0 Å². The molecule has 4 nitrogen and oxygen atoms in total. The number of hydrogen-bond acceptors (Lipinski definition) is 5. The van der Waals surface area contributed by atoms with Crippen LogP contribution in [0.25, 0.3) is 0 Å². The van der Waals surface area contributed by atoms with E-state index in [4.69, 9.17) is 11.6 Å². The highest BCUT2D eigenvalue weighted by Crippen LogP contribution is 2.26. The van der Waals surface area contributed by atoms with E-state index in [-0.39, 0.29) is 0 Å². The van der Waals surface area contributed by atoms with E-state index in [9.17, 15) is 0 Å². The molecule has 0 amide bonds. The van der Waals surface area contributed by atoms with Crippen molar-refractivity contribution in [3.8, 4) is 0 Å². The molecule has 1 aliphatic rings. The first kappa shape index (κ1) is 14.8. The number of halogens is 1. The maximum Gasteiger partial charge on any atom is 0.138 e. The highest BCUT2D eigenvalue weighted by molar-refractivity contribution is 7.10. The lowest BCUT2D eigenvalue weighted by atomic mass is 10.1. The second-order valence-corrected chi connectivity index (χ2v) is 6.84. The molecule has 0 N–H and O–H groups in total. The summed E-state index contributed by atoms with van der Waals surface area (Å²) in [6.07, 6.45) is 2.59. The van der Waals surface area contributed by atoms with Crippen LogP contribution in [0.1, 0.15) is 24.1 Å². The minimum absolute atomic E-state index is 0.690. The number of para-hydroxylation sites is 1. The number of nitrogens with zero attached hydrogens (tertiary/aromatic N) is 4. The van der Waals surface area contributed by atoms with Gasteiger partial charge in [0.15, 0.2) is 0 Å². The van der Waals surface area contributed by atoms with Gasteiger partial charge in [0.1, 0.15) is 10.0 Å². The summed E-state index contributed by atoms with van der Waals surface area (Å²) in [5.41, 5.74) is 3.59. The lowest BCUT2D eigenvalue weighted by molar-refractivity contribution is 0.315. The molecule has 0 bridgehead atoms. The number of anilines is 1. The van der Waals surface area contributed by atoms with Crippen molar-refractivity contribution in [3.05, 3.63) is 39.9 Å². The Morgan fingerprint density at radius 2 is 2.00 bits per heavy atom. The molecule has 1 aromatic carbocycles. The average Bonchev–Trinajstić information content (AvgIpc) is 3.12. The van der Waals surface area contributed by atoms with Crippen molar-refractivity contribution in [2.75, 3.05) is 25.0 Å². The fraction of sp³-hybridized carbons (Fsp3) is 0.467. The molecule has 21 heavy (non-hydrogen) atoms. The summed E-state index contributed by atoms with van der Waals surface area (Å²) in [5, 5.41) is 4.08. The standard InChI is InChI=1S/C15H19ClN4S/c1-19(11-13-15(16)21-18-17-13)10-12-6-2-3-7-14(12)20-8-4-5-9-20/h2-3,6-7H,4-5,8-11H2,1H3. The highest BCUT2D eigenvalue weighted by Gasteiger charge is 2.16. The largest absolute Gasteiger partial charge is 0.371 e. The van der Waals surface area contributed by atoms with Gasteiger partial charge in [-0.2, -0.15) is 0 Å². The van der Waals surface area contributed by atoms with Crippen LogP contribution >= 0.6 is 23.1 Å². The van der Waals surface area contributed by atoms with Crippen molar-refractivity contribution in [1.29, 1.82) is 0 Å². The van der Waals surface area contributed by atoms with Crippen molar-refractivity contribution in [1.82, 2.24) is 14.5 Å². The van der Waals surface area contributed by atoms with E-state index in [1.807, 2.05) is 0 Å². The second kappa shape index (κ2) is 6.73. The van der Waals surface area contributed by atoms with Crippen molar-refractivity contribution in [2.45, 2.75) is 25.9 Å². The predicted octanol–water partition coefficient (Wildman–Crippen LogP) is 3.42. The van der Waals surface area contributed by atoms with Crippen LogP contribution in [0.3, 0.4) is 0 Å². The molecule has 0 unspecified atom stereocenters. The van der Waals surface area contributed by atoms with Gasteiger partial charge in [-0.15, -0.1) is 5.10 Å². The van der Waals surface area contributed by atoms with Gasteiger partial charge in [-0.3, -0.25) is 4.90 Å². The van der Waals surface area contributed by atoms with Crippen LogP contribution in [-0.4, -0.2) is 34.6 Å². The van der Waals surface area contributed by atoms with Crippen LogP contribution in [0, 0.1) is 0 Å². The van der Waals surface area contributed by atoms with Crippen molar-refractivity contribution < 1.29 is 0 Å². The Morgan fingerprint density at radius 3 is 2.71 bits per heavy atom. The predicted molar refractivity (Wildman–Crippen MR) is 88.0 cm³/mol. The Labute approximate surface area is 134 Å². The topological polar surface area (TPSA) is 32.3 Å². The molecule has 2 aromatic rings. The van der Waals surface area contributed by atoms with Gasteiger partial charge in [0, 0.05) is 43.4 Å². The maximum atomic E-state index is 6.08. The zero-order valence-corrected chi connectivity index (χ0v) is 13.7. The third-order valence-electron chi connectivity index (χ3n) is 3.81. The number of rotatable bonds is 5. The van der Waals surface area contributed by atoms with Crippen LogP contribution in [0.5, 0.6) is 0 Å². The van der Waals surface area contributed by atoms with E-state index in [0.717, 1.165) is 18.8 Å². The van der Waals surface area contributed by atoms with Gasteiger partial charge in [0.2, 0.25) is 0 Å². The van der Waals surface area contributed by atoms with Crippen LogP contribution in [0.15, 0.2) is 24.3 Å². The molecule has 1 aliphatic heterocycles. The molecule has 1 saturated heterocycles. The van der Waals surface area contributed by atoms with Crippen molar-refractivity contribution in [3.63, 3.8) is 0 Å². The summed E-state index contributed by atoms with van der Waals surface area (Å²) >= 11 is 7.33. The van der Waals surface area contributed by atoms with Gasteiger partial charge in [0.25, 0.3) is 0 Å². The Kier molecular flexibility index (Phi) is 4.73. The number of hydrogen-bond donors (Lipinski definition) is 0. The maximum absolute atomic E-state index is 6.08. The SMILES string of the molecule is CN(Cc1ccccc1N1CCCC1)Cc1nnsc1Cl. The third kappa shape index (κ3) is 3.54. The lowest BCUT2D eigenvalue weighted by Gasteiger charge is -2.24. The van der Waals surface area contributed by atoms with Gasteiger partial charge >= 0.3 is 0 Å². The van der Waals surface area contributed by atoms with Gasteiger partial charge in [-0.25, -0.2) is 0 Å². The minimum Gasteiger partial charge on any atom is -0.371 e. The van der Waals surface area contributed by atoms with Gasteiger partial charge in [0.05, 0.1) is 0 Å². The lowest BCUT2D eigenvalue weighted by Crippen LogP contribution is -2.23. The zero-order valence-electron chi connectivity index (χ0n) is 12.1. The molecule has 2 heterocycles. The molecule has 0 radical (unpaired) electrons. The van der Waals surface area contributed by atoms with Crippen LogP contribution in [-0.2, 0) is 13.1 Å². The van der Waals surface area contributed by atoms with Gasteiger partial charge in [-0.1, -0.05) is 34.3 Å². The average molecular weight is 323 g/mol. The Balaban J connectivity index is 1.70. The first-order valence-electron chi connectivity index (χ1n) is 7.22. The third-order valence-corrected chi connectivity index (χ3v) is 4.79. The van der Waals surface area contributed by atoms with Crippen molar-refractivity contribution >= 4 is 28.8 Å². The fourth-order valence-corrected chi connectivity index (χ4v) is 3.42. The molecule has 1 aromatic heterocycles. The molecule has 0 saturated carbocycles. The fourth-order valence-electron chi connectivity index (χ4n) is 2.80. The first-order valence-corrected chi connectivity index (χ1v) is 8.37. The quantitative estimate of drug-likeness (QED) is 0.844. The van der Waals surface area contributed by atoms with Gasteiger partial charge < -0.3 is 4.90 Å². The molecule has 0 atom stereocenters. The smallest absolute Gasteiger partial charge is 0.138 e. The van der Waals surface area contributed by atoms with Crippen LogP contribution in [0.2, 0.25) is 4.34 Å². The van der Waals surface area contributed by atoms with Gasteiger partial charge in [-0.05, 0) is 31.5 Å². The van der Waals surface area contributed by atoms with Crippen molar-refractivity contribution in [2.24, 2.45) is 0 Å². The molecule has 112 valence electrons. The normalized spacial score (nSPS) is 15.1. The molecule has 3 rings (SSSR count). The van der Waals surface area contributed by atoms with E-state index in [0.29, 0.717) is 4.34 Å². The summed E-state index contributed by atoms with van der Waals surface area (Å²) in [5.74, 6) is 0. The van der Waals surface area contributed by atoms with E-state index >= 15 is 0 Å². The summed E-state index contributed by atoms with van der Waals surface area (Å²) in [6, 6.07) is 8.68. The van der Waals surface area contributed by atoms with E-state index in [2.05, 4.69) is 50.7 Å². The van der Waals surface area contributed by atoms with E-state index in [1.165, 1.54) is 48.7 Å². The zero-order chi connectivity index (χ0) is 14.7. The molecular formula is C15H19ClN4S.